The molecule has 0 saturated carbocycles. The van der Waals surface area contributed by atoms with Crippen molar-refractivity contribution in [3.05, 3.63) is 158 Å². The Balaban J connectivity index is 4.60. The first-order valence-corrected chi connectivity index (χ1v) is 25.1. The zero-order chi connectivity index (χ0) is 47.2. The van der Waals surface area contributed by atoms with Crippen LogP contribution in [-0.4, -0.2) is 37.2 Å². The molecule has 0 aliphatic heterocycles. The third-order valence-electron chi connectivity index (χ3n) is 9.74. The van der Waals surface area contributed by atoms with Crippen LogP contribution in [0, 0.1) is 0 Å². The molecule has 0 aromatic carbocycles. The highest BCUT2D eigenvalue weighted by molar-refractivity contribution is 5.71. The molecule has 0 aliphatic rings. The van der Waals surface area contributed by atoms with Gasteiger partial charge in [-0.1, -0.05) is 237 Å². The molecule has 0 saturated heterocycles. The molecule has 360 valence electrons. The minimum Gasteiger partial charge on any atom is -0.462 e. The number of rotatable bonds is 42. The third kappa shape index (κ3) is 49.9. The SMILES string of the molecule is CC\C=C/C=C\C=C/C=C\C=C\C=C/C=C\CCCCCC(=O)OCC(COC(=O)CCCCCCCCCCC)OC(=O)CC/C=C\C/C=C\C/C=C\C/C=C\C/C=C\C/C=C\CC. The fourth-order valence-electron chi connectivity index (χ4n) is 6.04. The van der Waals surface area contributed by atoms with Crippen molar-refractivity contribution in [2.24, 2.45) is 0 Å². The molecule has 6 nitrogen and oxygen atoms in total. The van der Waals surface area contributed by atoms with Crippen LogP contribution in [0.4, 0.5) is 0 Å². The fraction of sp³-hybridized carbons (Fsp3) is 0.508. The normalized spacial score (nSPS) is 13.5. The van der Waals surface area contributed by atoms with Crippen molar-refractivity contribution in [3.8, 4) is 0 Å². The van der Waals surface area contributed by atoms with Gasteiger partial charge in [0.25, 0.3) is 0 Å². The first-order chi connectivity index (χ1) is 32.0. The molecule has 0 aliphatic carbocycles. The Morgan fingerprint density at radius 1 is 0.338 bits per heavy atom. The van der Waals surface area contributed by atoms with Gasteiger partial charge in [-0.2, -0.15) is 0 Å². The van der Waals surface area contributed by atoms with Gasteiger partial charge < -0.3 is 14.2 Å². The molecule has 0 spiro atoms. The lowest BCUT2D eigenvalue weighted by Crippen LogP contribution is -2.30. The van der Waals surface area contributed by atoms with Gasteiger partial charge in [-0.15, -0.1) is 0 Å². The summed E-state index contributed by atoms with van der Waals surface area (Å²) in [6.07, 6.45) is 75.2. The molecule has 0 bridgehead atoms. The molecule has 1 unspecified atom stereocenters. The highest BCUT2D eigenvalue weighted by atomic mass is 16.6. The van der Waals surface area contributed by atoms with Crippen molar-refractivity contribution in [3.63, 3.8) is 0 Å². The molecule has 0 aromatic heterocycles. The van der Waals surface area contributed by atoms with E-state index in [1.54, 1.807) is 0 Å². The van der Waals surface area contributed by atoms with E-state index >= 15 is 0 Å². The van der Waals surface area contributed by atoms with Crippen LogP contribution < -0.4 is 0 Å². The molecule has 6 heteroatoms. The third-order valence-corrected chi connectivity index (χ3v) is 9.74. The van der Waals surface area contributed by atoms with Gasteiger partial charge >= 0.3 is 17.9 Å². The highest BCUT2D eigenvalue weighted by Crippen LogP contribution is 2.12. The Bertz CT molecular complexity index is 1540. The van der Waals surface area contributed by atoms with E-state index in [1.807, 2.05) is 85.1 Å². The summed E-state index contributed by atoms with van der Waals surface area (Å²) in [6, 6.07) is 0. The minimum atomic E-state index is -0.843. The second-order valence-electron chi connectivity index (χ2n) is 15.8. The van der Waals surface area contributed by atoms with E-state index in [2.05, 4.69) is 93.7 Å². The van der Waals surface area contributed by atoms with Gasteiger partial charge in [0.2, 0.25) is 0 Å². The van der Waals surface area contributed by atoms with Crippen molar-refractivity contribution in [2.45, 2.75) is 181 Å². The van der Waals surface area contributed by atoms with Gasteiger partial charge in [-0.05, 0) is 77.0 Å². The number of allylic oxidation sites excluding steroid dienone is 26. The van der Waals surface area contributed by atoms with Crippen LogP contribution in [0.3, 0.4) is 0 Å². The second kappa shape index (κ2) is 51.7. The van der Waals surface area contributed by atoms with E-state index in [0.29, 0.717) is 19.3 Å². The second-order valence-corrected chi connectivity index (χ2v) is 15.8. The lowest BCUT2D eigenvalue weighted by atomic mass is 10.1. The number of unbranched alkanes of at least 4 members (excludes halogenated alkanes) is 11. The summed E-state index contributed by atoms with van der Waals surface area (Å²) in [5, 5.41) is 0. The summed E-state index contributed by atoms with van der Waals surface area (Å²) >= 11 is 0. The van der Waals surface area contributed by atoms with E-state index < -0.39 is 12.1 Å². The molecule has 0 N–H and O–H groups in total. The molecule has 1 atom stereocenters. The van der Waals surface area contributed by atoms with Gasteiger partial charge in [-0.25, -0.2) is 0 Å². The number of esters is 3. The van der Waals surface area contributed by atoms with Gasteiger partial charge in [0.1, 0.15) is 13.2 Å². The predicted octanol–water partition coefficient (Wildman–Crippen LogP) is 16.6. The van der Waals surface area contributed by atoms with Crippen LogP contribution in [0.2, 0.25) is 0 Å². The number of carbonyl (C=O) groups is 3. The maximum Gasteiger partial charge on any atom is 0.306 e. The molecular weight excluding hydrogens is 805 g/mol. The first-order valence-electron chi connectivity index (χ1n) is 25.1. The van der Waals surface area contributed by atoms with Gasteiger partial charge in [0.05, 0.1) is 0 Å². The Morgan fingerprint density at radius 3 is 1.15 bits per heavy atom. The zero-order valence-corrected chi connectivity index (χ0v) is 40.9. The average Bonchev–Trinajstić information content (AvgIpc) is 3.30. The smallest absolute Gasteiger partial charge is 0.306 e. The standard InChI is InChI=1S/C59H88O6/c1-4-7-10-13-16-19-21-23-25-27-29-31-33-35-37-40-43-46-49-52-58(61)64-55-56(54-63-57(60)51-48-45-42-39-18-15-12-9-6-3)65-59(62)53-50-47-44-41-38-36-34-32-30-28-26-24-22-20-17-14-11-8-5-2/h7-8,10-11,13,16-17,19-21,23-27,29-33,35-38,44,47,56H,4-6,9,12,14-15,18,22,28,34,39-43,45-46,48-55H2,1-3H3/b10-7-,11-8-,16-13-,20-17-,21-19-,25-23-,26-24-,29-27+,32-30-,33-31-,37-35-,38-36-,47-44-. The minimum absolute atomic E-state index is 0.130. The number of carbonyl (C=O) groups excluding carboxylic acids is 3. The van der Waals surface area contributed by atoms with Crippen LogP contribution >= 0.6 is 0 Å². The van der Waals surface area contributed by atoms with Gasteiger partial charge in [-0.3, -0.25) is 14.4 Å². The molecular formula is C59H88O6. The summed E-state index contributed by atoms with van der Waals surface area (Å²) in [7, 11) is 0. The van der Waals surface area contributed by atoms with Crippen LogP contribution in [0.15, 0.2) is 158 Å². The maximum atomic E-state index is 12.8. The molecule has 0 heterocycles. The predicted molar refractivity (Wildman–Crippen MR) is 278 cm³/mol. The molecule has 0 rings (SSSR count). The summed E-state index contributed by atoms with van der Waals surface area (Å²) in [5.74, 6) is -1.08. The highest BCUT2D eigenvalue weighted by Gasteiger charge is 2.19. The molecule has 65 heavy (non-hydrogen) atoms. The fourth-order valence-corrected chi connectivity index (χ4v) is 6.04. The Morgan fingerprint density at radius 2 is 0.708 bits per heavy atom. The Hall–Kier alpha value is -4.97. The number of hydrogen-bond acceptors (Lipinski definition) is 6. The van der Waals surface area contributed by atoms with Crippen LogP contribution in [0.1, 0.15) is 175 Å². The van der Waals surface area contributed by atoms with E-state index in [4.69, 9.17) is 14.2 Å². The average molecular weight is 893 g/mol. The summed E-state index contributed by atoms with van der Waals surface area (Å²) < 4.78 is 16.6. The van der Waals surface area contributed by atoms with Crippen molar-refractivity contribution >= 4 is 17.9 Å². The van der Waals surface area contributed by atoms with Crippen LogP contribution in [0.5, 0.6) is 0 Å². The van der Waals surface area contributed by atoms with Crippen LogP contribution in [-0.2, 0) is 28.6 Å². The van der Waals surface area contributed by atoms with Crippen molar-refractivity contribution in [2.75, 3.05) is 13.2 Å². The van der Waals surface area contributed by atoms with Gasteiger partial charge in [0, 0.05) is 19.3 Å². The lowest BCUT2D eigenvalue weighted by Gasteiger charge is -2.18. The molecule has 0 radical (unpaired) electrons. The zero-order valence-electron chi connectivity index (χ0n) is 40.9. The van der Waals surface area contributed by atoms with E-state index in [9.17, 15) is 14.4 Å². The quantitative estimate of drug-likeness (QED) is 0.0200. The Kier molecular flexibility index (Phi) is 47.7. The Labute approximate surface area is 397 Å². The lowest BCUT2D eigenvalue weighted by molar-refractivity contribution is -0.166. The molecule has 0 amide bonds. The van der Waals surface area contributed by atoms with Crippen LogP contribution in [0.25, 0.3) is 0 Å². The number of ether oxygens (including phenoxy) is 3. The molecule has 0 aromatic rings. The van der Waals surface area contributed by atoms with E-state index in [1.165, 1.54) is 38.5 Å². The molecule has 0 fully saturated rings. The van der Waals surface area contributed by atoms with Crippen molar-refractivity contribution in [1.29, 1.82) is 0 Å². The van der Waals surface area contributed by atoms with Gasteiger partial charge in [0.15, 0.2) is 6.10 Å². The maximum absolute atomic E-state index is 12.8. The van der Waals surface area contributed by atoms with E-state index in [0.717, 1.165) is 83.5 Å². The number of hydrogen-bond donors (Lipinski definition) is 0. The summed E-state index contributed by atoms with van der Waals surface area (Å²) in [4.78, 5) is 37.9. The topological polar surface area (TPSA) is 78.9 Å². The van der Waals surface area contributed by atoms with Crippen molar-refractivity contribution in [1.82, 2.24) is 0 Å². The first kappa shape index (κ1) is 60.0. The van der Waals surface area contributed by atoms with Crippen molar-refractivity contribution < 1.29 is 28.6 Å². The monoisotopic (exact) mass is 893 g/mol. The summed E-state index contributed by atoms with van der Waals surface area (Å²) in [5.41, 5.74) is 0. The summed E-state index contributed by atoms with van der Waals surface area (Å²) in [6.45, 7) is 6.22. The largest absolute Gasteiger partial charge is 0.462 e. The van der Waals surface area contributed by atoms with E-state index in [-0.39, 0.29) is 38.0 Å².